The topological polar surface area (TPSA) is 3.24 Å². The van der Waals surface area contributed by atoms with Crippen LogP contribution >= 0.6 is 0 Å². The molecule has 11 heavy (non-hydrogen) atoms. The smallest absolute Gasteiger partial charge is 0.00894 e. The minimum Gasteiger partial charge on any atom is -0.303 e. The Balaban J connectivity index is 3.61. The summed E-state index contributed by atoms with van der Waals surface area (Å²) in [6, 6.07) is 0.819. The van der Waals surface area contributed by atoms with Crippen LogP contribution in [0.2, 0.25) is 0 Å². The van der Waals surface area contributed by atoms with Gasteiger partial charge in [0.1, 0.15) is 0 Å². The third-order valence-corrected chi connectivity index (χ3v) is 2.29. The maximum Gasteiger partial charge on any atom is 0.00894 e. The molecule has 0 fully saturated rings. The van der Waals surface area contributed by atoms with Crippen molar-refractivity contribution in [3.05, 3.63) is 0 Å². The lowest BCUT2D eigenvalue weighted by molar-refractivity contribution is 0.223. The van der Waals surface area contributed by atoms with Gasteiger partial charge in [0.2, 0.25) is 0 Å². The maximum atomic E-state index is 2.49. The number of hydrogen-bond donors (Lipinski definition) is 0. The lowest BCUT2D eigenvalue weighted by Crippen LogP contribution is -2.31. The lowest BCUT2D eigenvalue weighted by Gasteiger charge is -2.26. The highest BCUT2D eigenvalue weighted by atomic mass is 15.1. The molecule has 0 aliphatic rings. The summed E-state index contributed by atoms with van der Waals surface area (Å²) >= 11 is 0. The van der Waals surface area contributed by atoms with E-state index in [0.29, 0.717) is 0 Å². The van der Waals surface area contributed by atoms with Gasteiger partial charge in [-0.25, -0.2) is 0 Å². The van der Waals surface area contributed by atoms with Gasteiger partial charge in [0, 0.05) is 6.04 Å². The summed E-state index contributed by atoms with van der Waals surface area (Å²) in [5.41, 5.74) is 0. The normalized spacial score (nSPS) is 13.9. The quantitative estimate of drug-likeness (QED) is 0.573. The monoisotopic (exact) mass is 157 g/mol. The van der Waals surface area contributed by atoms with Crippen molar-refractivity contribution in [3.8, 4) is 0 Å². The summed E-state index contributed by atoms with van der Waals surface area (Å²) in [7, 11) is 2.24. The Morgan fingerprint density at radius 3 is 2.09 bits per heavy atom. The number of rotatable bonds is 6. The molecule has 0 saturated heterocycles. The summed E-state index contributed by atoms with van der Waals surface area (Å²) in [5, 5.41) is 0. The fourth-order valence-electron chi connectivity index (χ4n) is 1.60. The molecule has 0 rings (SSSR count). The third kappa shape index (κ3) is 4.41. The molecule has 1 heteroatoms. The first-order valence-electron chi connectivity index (χ1n) is 4.96. The fraction of sp³-hybridized carbons (Fsp3) is 1.00. The first-order chi connectivity index (χ1) is 5.26. The molecule has 68 valence electrons. The van der Waals surface area contributed by atoms with Crippen molar-refractivity contribution in [2.45, 2.75) is 52.5 Å². The minimum absolute atomic E-state index is 0.819. The highest BCUT2D eigenvalue weighted by Crippen LogP contribution is 2.08. The molecule has 0 bridgehead atoms. The van der Waals surface area contributed by atoms with Gasteiger partial charge in [0.05, 0.1) is 0 Å². The van der Waals surface area contributed by atoms with Crippen LogP contribution in [0.5, 0.6) is 0 Å². The van der Waals surface area contributed by atoms with Crippen molar-refractivity contribution in [2.24, 2.45) is 0 Å². The van der Waals surface area contributed by atoms with Crippen LogP contribution in [0.25, 0.3) is 0 Å². The van der Waals surface area contributed by atoms with Crippen molar-refractivity contribution in [1.82, 2.24) is 4.90 Å². The molecular formula is C10H23N. The maximum absolute atomic E-state index is 2.49. The molecule has 0 aromatic heterocycles. The van der Waals surface area contributed by atoms with E-state index in [1.54, 1.807) is 0 Å². The molecule has 0 aromatic rings. The summed E-state index contributed by atoms with van der Waals surface area (Å²) in [4.78, 5) is 2.49. The second-order valence-electron chi connectivity index (χ2n) is 3.33. The van der Waals surface area contributed by atoms with Gasteiger partial charge in [-0.15, -0.1) is 0 Å². The van der Waals surface area contributed by atoms with Gasteiger partial charge in [0.15, 0.2) is 0 Å². The van der Waals surface area contributed by atoms with E-state index in [1.165, 1.54) is 32.2 Å². The largest absolute Gasteiger partial charge is 0.303 e. The van der Waals surface area contributed by atoms with Gasteiger partial charge in [-0.1, -0.05) is 27.2 Å². The molecule has 0 aromatic carbocycles. The predicted octanol–water partition coefficient (Wildman–Crippen LogP) is 2.91. The third-order valence-electron chi connectivity index (χ3n) is 2.29. The van der Waals surface area contributed by atoms with Crippen molar-refractivity contribution < 1.29 is 0 Å². The van der Waals surface area contributed by atoms with E-state index in [2.05, 4.69) is 32.7 Å². The molecule has 0 heterocycles. The summed E-state index contributed by atoms with van der Waals surface area (Å²) in [5.74, 6) is 0. The van der Waals surface area contributed by atoms with Crippen LogP contribution in [0.1, 0.15) is 46.5 Å². The van der Waals surface area contributed by atoms with E-state index in [9.17, 15) is 0 Å². The van der Waals surface area contributed by atoms with Crippen molar-refractivity contribution in [1.29, 1.82) is 0 Å². The molecule has 1 nitrogen and oxygen atoms in total. The number of hydrogen-bond acceptors (Lipinski definition) is 1. The van der Waals surface area contributed by atoms with Crippen LogP contribution in [0.15, 0.2) is 0 Å². The van der Waals surface area contributed by atoms with Crippen molar-refractivity contribution in [3.63, 3.8) is 0 Å². The Hall–Kier alpha value is -0.0400. The summed E-state index contributed by atoms with van der Waals surface area (Å²) < 4.78 is 0. The van der Waals surface area contributed by atoms with Gasteiger partial charge in [-0.2, -0.15) is 0 Å². The summed E-state index contributed by atoms with van der Waals surface area (Å²) in [6.45, 7) is 8.04. The standard InChI is InChI=1S/C10H23N/c1-5-8-10(7-3)11(4)9-6-2/h10H,5-9H2,1-4H3. The SMILES string of the molecule is CCCC(CC)N(C)CCC. The van der Waals surface area contributed by atoms with Gasteiger partial charge in [-0.05, 0) is 32.9 Å². The van der Waals surface area contributed by atoms with Crippen LogP contribution in [0, 0.1) is 0 Å². The average Bonchev–Trinajstić information content (AvgIpc) is 2.00. The lowest BCUT2D eigenvalue weighted by atomic mass is 10.1. The Kier molecular flexibility index (Phi) is 6.63. The van der Waals surface area contributed by atoms with E-state index in [0.717, 1.165) is 6.04 Å². The molecule has 0 spiro atoms. The molecule has 1 atom stereocenters. The van der Waals surface area contributed by atoms with Gasteiger partial charge in [0.25, 0.3) is 0 Å². The van der Waals surface area contributed by atoms with E-state index in [1.807, 2.05) is 0 Å². The van der Waals surface area contributed by atoms with Crippen molar-refractivity contribution >= 4 is 0 Å². The Labute approximate surface area is 71.8 Å². The van der Waals surface area contributed by atoms with Crippen LogP contribution in [-0.2, 0) is 0 Å². The molecule has 0 saturated carbocycles. The van der Waals surface area contributed by atoms with Crippen LogP contribution in [-0.4, -0.2) is 24.5 Å². The first-order valence-corrected chi connectivity index (χ1v) is 4.96. The molecule has 0 aliphatic heterocycles. The molecule has 0 aliphatic carbocycles. The van der Waals surface area contributed by atoms with Crippen LogP contribution < -0.4 is 0 Å². The summed E-state index contributed by atoms with van der Waals surface area (Å²) in [6.07, 6.45) is 5.24. The molecular weight excluding hydrogens is 134 g/mol. The first kappa shape index (κ1) is 11.0. The zero-order chi connectivity index (χ0) is 8.69. The Morgan fingerprint density at radius 1 is 1.09 bits per heavy atom. The van der Waals surface area contributed by atoms with Gasteiger partial charge < -0.3 is 4.90 Å². The zero-order valence-electron chi connectivity index (χ0n) is 8.56. The van der Waals surface area contributed by atoms with E-state index >= 15 is 0 Å². The fourth-order valence-corrected chi connectivity index (χ4v) is 1.60. The van der Waals surface area contributed by atoms with Gasteiger partial charge in [-0.3, -0.25) is 0 Å². The average molecular weight is 157 g/mol. The second kappa shape index (κ2) is 6.66. The highest BCUT2D eigenvalue weighted by Gasteiger charge is 2.09. The number of nitrogens with zero attached hydrogens (tertiary/aromatic N) is 1. The predicted molar refractivity (Wildman–Crippen MR) is 51.9 cm³/mol. The molecule has 0 N–H and O–H groups in total. The highest BCUT2D eigenvalue weighted by molar-refractivity contribution is 4.65. The Morgan fingerprint density at radius 2 is 1.73 bits per heavy atom. The minimum atomic E-state index is 0.819. The van der Waals surface area contributed by atoms with Crippen LogP contribution in [0.4, 0.5) is 0 Å². The van der Waals surface area contributed by atoms with Crippen LogP contribution in [0.3, 0.4) is 0 Å². The molecule has 0 amide bonds. The molecule has 1 unspecified atom stereocenters. The van der Waals surface area contributed by atoms with E-state index in [4.69, 9.17) is 0 Å². The van der Waals surface area contributed by atoms with E-state index < -0.39 is 0 Å². The zero-order valence-corrected chi connectivity index (χ0v) is 8.56. The molecule has 0 radical (unpaired) electrons. The Bertz CT molecular complexity index is 80.9. The second-order valence-corrected chi connectivity index (χ2v) is 3.33. The van der Waals surface area contributed by atoms with E-state index in [-0.39, 0.29) is 0 Å². The van der Waals surface area contributed by atoms with Crippen molar-refractivity contribution in [2.75, 3.05) is 13.6 Å². The van der Waals surface area contributed by atoms with Gasteiger partial charge >= 0.3 is 0 Å².